The Balaban J connectivity index is 1.79. The van der Waals surface area contributed by atoms with Crippen LogP contribution in [0.1, 0.15) is 13.3 Å². The zero-order valence-electron chi connectivity index (χ0n) is 12.4. The van der Waals surface area contributed by atoms with Crippen LogP contribution in [0.25, 0.3) is 0 Å². The van der Waals surface area contributed by atoms with Gasteiger partial charge in [0.1, 0.15) is 0 Å². The van der Waals surface area contributed by atoms with Crippen LogP contribution in [0.4, 0.5) is 0 Å². The maximum Gasteiger partial charge on any atom is 0.233 e. The van der Waals surface area contributed by atoms with Gasteiger partial charge in [-0.25, -0.2) is 0 Å². The number of ether oxygens (including phenoxy) is 1. The zero-order valence-corrected chi connectivity index (χ0v) is 14.0. The second-order valence-electron chi connectivity index (χ2n) is 5.53. The van der Waals surface area contributed by atoms with E-state index in [0.717, 1.165) is 59.0 Å². The first-order valence-electron chi connectivity index (χ1n) is 7.62. The fourth-order valence-corrected chi connectivity index (χ4v) is 3.36. The molecule has 2 aliphatic heterocycles. The van der Waals surface area contributed by atoms with Gasteiger partial charge in [-0.2, -0.15) is 0 Å². The zero-order chi connectivity index (χ0) is 14.4. The Morgan fingerprint density at radius 1 is 1.15 bits per heavy atom. The third-order valence-corrected chi connectivity index (χ3v) is 4.82. The van der Waals surface area contributed by atoms with Crippen molar-refractivity contribution in [3.63, 3.8) is 0 Å². The van der Waals surface area contributed by atoms with Crippen LogP contribution in [0.5, 0.6) is 0 Å². The Morgan fingerprint density at radius 2 is 1.80 bits per heavy atom. The molecule has 2 rings (SSSR count). The number of rotatable bonds is 5. The van der Waals surface area contributed by atoms with Gasteiger partial charge in [0, 0.05) is 51.9 Å². The second kappa shape index (κ2) is 8.32. The van der Waals surface area contributed by atoms with E-state index < -0.39 is 0 Å². The fraction of sp³-hybridized carbons (Fsp3) is 0.929. The van der Waals surface area contributed by atoms with E-state index in [2.05, 4.69) is 32.7 Å². The van der Waals surface area contributed by atoms with Crippen molar-refractivity contribution in [3.8, 4) is 0 Å². The molecule has 0 aromatic heterocycles. The first-order valence-corrected chi connectivity index (χ1v) is 8.74. The van der Waals surface area contributed by atoms with Gasteiger partial charge in [-0.05, 0) is 6.42 Å². The highest BCUT2D eigenvalue weighted by Crippen LogP contribution is 2.12. The highest BCUT2D eigenvalue weighted by atomic mass is 79.9. The number of hydrogen-bond donors (Lipinski definition) is 0. The third-order valence-electron chi connectivity index (χ3n) is 4.34. The van der Waals surface area contributed by atoms with E-state index in [4.69, 9.17) is 4.74 Å². The van der Waals surface area contributed by atoms with Gasteiger partial charge < -0.3 is 9.64 Å². The highest BCUT2D eigenvalue weighted by molar-refractivity contribution is 9.09. The monoisotopic (exact) mass is 347 g/mol. The second-order valence-corrected chi connectivity index (χ2v) is 6.09. The lowest BCUT2D eigenvalue weighted by Crippen LogP contribution is -2.55. The van der Waals surface area contributed by atoms with Gasteiger partial charge in [-0.15, -0.1) is 0 Å². The molecule has 20 heavy (non-hydrogen) atoms. The Bertz CT molecular complexity index is 303. The largest absolute Gasteiger partial charge is 0.379 e. The van der Waals surface area contributed by atoms with Crippen LogP contribution in [0.3, 0.4) is 0 Å². The molecule has 5 nitrogen and oxygen atoms in total. The van der Waals surface area contributed by atoms with Crippen LogP contribution >= 0.6 is 15.9 Å². The number of carbonyl (C=O) groups excluding carboxylic acids is 1. The summed E-state index contributed by atoms with van der Waals surface area (Å²) in [5, 5.41) is 0.442. The SMILES string of the molecule is CCC(CN1CCOCC1)N1CCN(C(=O)CBr)CC1. The van der Waals surface area contributed by atoms with Crippen molar-refractivity contribution in [1.82, 2.24) is 14.7 Å². The molecular formula is C14H26BrN3O2. The topological polar surface area (TPSA) is 36.0 Å². The third kappa shape index (κ3) is 4.41. The maximum absolute atomic E-state index is 11.7. The Labute approximate surface area is 130 Å². The molecule has 2 aliphatic rings. The smallest absolute Gasteiger partial charge is 0.233 e. The van der Waals surface area contributed by atoms with Crippen molar-refractivity contribution in [2.24, 2.45) is 0 Å². The molecule has 0 aromatic carbocycles. The number of morpholine rings is 1. The summed E-state index contributed by atoms with van der Waals surface area (Å²) in [5.41, 5.74) is 0. The fourth-order valence-electron chi connectivity index (χ4n) is 3.01. The minimum atomic E-state index is 0.214. The lowest BCUT2D eigenvalue weighted by Gasteiger charge is -2.41. The van der Waals surface area contributed by atoms with E-state index in [9.17, 15) is 4.79 Å². The minimum Gasteiger partial charge on any atom is -0.379 e. The Morgan fingerprint density at radius 3 is 2.35 bits per heavy atom. The van der Waals surface area contributed by atoms with Crippen LogP contribution in [0.15, 0.2) is 0 Å². The molecule has 0 radical (unpaired) electrons. The molecular weight excluding hydrogens is 322 g/mol. The number of nitrogens with zero attached hydrogens (tertiary/aromatic N) is 3. The molecule has 1 unspecified atom stereocenters. The van der Waals surface area contributed by atoms with Gasteiger partial charge in [0.15, 0.2) is 0 Å². The van der Waals surface area contributed by atoms with E-state index >= 15 is 0 Å². The van der Waals surface area contributed by atoms with Crippen LogP contribution in [0, 0.1) is 0 Å². The van der Waals surface area contributed by atoms with Gasteiger partial charge in [-0.3, -0.25) is 14.6 Å². The van der Waals surface area contributed by atoms with Crippen molar-refractivity contribution in [2.75, 3.05) is 64.4 Å². The summed E-state index contributed by atoms with van der Waals surface area (Å²) in [6.45, 7) is 11.0. The molecule has 6 heteroatoms. The minimum absolute atomic E-state index is 0.214. The standard InChI is InChI=1S/C14H26BrN3O2/c1-2-13(12-16-7-9-20-10-8-16)17-3-5-18(6-4-17)14(19)11-15/h13H,2-12H2,1H3. The lowest BCUT2D eigenvalue weighted by atomic mass is 10.1. The Kier molecular flexibility index (Phi) is 6.74. The quantitative estimate of drug-likeness (QED) is 0.683. The van der Waals surface area contributed by atoms with Crippen LogP contribution in [0.2, 0.25) is 0 Å². The number of amides is 1. The molecule has 0 N–H and O–H groups in total. The normalized spacial score (nSPS) is 23.8. The van der Waals surface area contributed by atoms with Crippen molar-refractivity contribution in [3.05, 3.63) is 0 Å². The summed E-state index contributed by atoms with van der Waals surface area (Å²) in [5.74, 6) is 0.214. The number of hydrogen-bond acceptors (Lipinski definition) is 4. The van der Waals surface area contributed by atoms with Crippen molar-refractivity contribution < 1.29 is 9.53 Å². The molecule has 2 saturated heterocycles. The van der Waals surface area contributed by atoms with E-state index in [1.54, 1.807) is 0 Å². The predicted molar refractivity (Wildman–Crippen MR) is 83.3 cm³/mol. The van der Waals surface area contributed by atoms with Gasteiger partial charge in [0.2, 0.25) is 5.91 Å². The number of carbonyl (C=O) groups is 1. The Hall–Kier alpha value is -0.170. The van der Waals surface area contributed by atoms with Gasteiger partial charge in [0.05, 0.1) is 18.5 Å². The molecule has 116 valence electrons. The first kappa shape index (κ1) is 16.2. The summed E-state index contributed by atoms with van der Waals surface area (Å²) in [7, 11) is 0. The summed E-state index contributed by atoms with van der Waals surface area (Å²) in [6, 6.07) is 0.606. The molecule has 0 spiro atoms. The van der Waals surface area contributed by atoms with Crippen molar-refractivity contribution >= 4 is 21.8 Å². The van der Waals surface area contributed by atoms with Crippen LogP contribution < -0.4 is 0 Å². The van der Waals surface area contributed by atoms with E-state index in [1.165, 1.54) is 6.42 Å². The van der Waals surface area contributed by atoms with E-state index in [0.29, 0.717) is 11.4 Å². The van der Waals surface area contributed by atoms with Gasteiger partial charge in [-0.1, -0.05) is 22.9 Å². The maximum atomic E-state index is 11.7. The highest BCUT2D eigenvalue weighted by Gasteiger charge is 2.26. The van der Waals surface area contributed by atoms with Gasteiger partial charge >= 0.3 is 0 Å². The van der Waals surface area contributed by atoms with Crippen molar-refractivity contribution in [1.29, 1.82) is 0 Å². The average molecular weight is 348 g/mol. The molecule has 0 bridgehead atoms. The molecule has 2 heterocycles. The number of halogens is 1. The van der Waals surface area contributed by atoms with Crippen LogP contribution in [-0.4, -0.2) is 91.0 Å². The number of piperazine rings is 1. The van der Waals surface area contributed by atoms with Gasteiger partial charge in [0.25, 0.3) is 0 Å². The summed E-state index contributed by atoms with van der Waals surface area (Å²) < 4.78 is 5.41. The summed E-state index contributed by atoms with van der Waals surface area (Å²) in [4.78, 5) is 18.7. The van der Waals surface area contributed by atoms with E-state index in [-0.39, 0.29) is 5.91 Å². The average Bonchev–Trinajstić information content (AvgIpc) is 2.53. The predicted octanol–water partition coefficient (Wildman–Crippen LogP) is 0.636. The molecule has 1 amide bonds. The summed E-state index contributed by atoms with van der Waals surface area (Å²) >= 11 is 3.25. The molecule has 2 fully saturated rings. The summed E-state index contributed by atoms with van der Waals surface area (Å²) in [6.07, 6.45) is 1.17. The molecule has 0 aromatic rings. The molecule has 1 atom stereocenters. The van der Waals surface area contributed by atoms with E-state index in [1.807, 2.05) is 4.90 Å². The molecule has 0 saturated carbocycles. The van der Waals surface area contributed by atoms with Crippen LogP contribution in [-0.2, 0) is 9.53 Å². The first-order chi connectivity index (χ1) is 9.74. The number of alkyl halides is 1. The lowest BCUT2D eigenvalue weighted by molar-refractivity contribution is -0.130. The molecule has 0 aliphatic carbocycles. The van der Waals surface area contributed by atoms with Crippen molar-refractivity contribution in [2.45, 2.75) is 19.4 Å².